The summed E-state index contributed by atoms with van der Waals surface area (Å²) in [5.41, 5.74) is 2.17. The highest BCUT2D eigenvalue weighted by Crippen LogP contribution is 2.37. The molecular formula is C16H12BrN3OS. The Kier molecular flexibility index (Phi) is 3.56. The van der Waals surface area contributed by atoms with Gasteiger partial charge in [-0.15, -0.1) is 11.3 Å². The quantitative estimate of drug-likeness (QED) is 0.658. The summed E-state index contributed by atoms with van der Waals surface area (Å²) < 4.78 is 6.67. The van der Waals surface area contributed by atoms with Crippen molar-refractivity contribution in [1.29, 1.82) is 0 Å². The van der Waals surface area contributed by atoms with Gasteiger partial charge in [0, 0.05) is 22.5 Å². The molecule has 22 heavy (non-hydrogen) atoms. The molecule has 1 aromatic carbocycles. The van der Waals surface area contributed by atoms with Gasteiger partial charge in [-0.25, -0.2) is 9.99 Å². The van der Waals surface area contributed by atoms with E-state index in [2.05, 4.69) is 33.0 Å². The van der Waals surface area contributed by atoms with Crippen molar-refractivity contribution >= 4 is 38.1 Å². The molecule has 1 aliphatic heterocycles. The topological polar surface area (TPSA) is 41.6 Å². The van der Waals surface area contributed by atoms with Crippen molar-refractivity contribution in [2.45, 2.75) is 12.5 Å². The predicted octanol–water partition coefficient (Wildman–Crippen LogP) is 4.85. The number of benzene rings is 1. The number of anilines is 1. The minimum atomic E-state index is 0.0554. The monoisotopic (exact) mass is 373 g/mol. The fourth-order valence-corrected chi connectivity index (χ4v) is 3.44. The Morgan fingerprint density at radius 2 is 2.09 bits per heavy atom. The van der Waals surface area contributed by atoms with Crippen LogP contribution in [0.3, 0.4) is 0 Å². The molecule has 3 aromatic rings. The second kappa shape index (κ2) is 5.70. The number of nitrogens with zero attached hydrogens (tertiary/aromatic N) is 3. The molecule has 0 spiro atoms. The standard InChI is InChI=1S/C16H12BrN3OS/c17-12-5-3-11(4-6-12)13-10-14(15-2-1-8-21-15)20(19-13)16-18-7-9-22-16/h1-9,14H,10H2. The lowest BCUT2D eigenvalue weighted by Gasteiger charge is -2.18. The molecule has 0 N–H and O–H groups in total. The van der Waals surface area contributed by atoms with Gasteiger partial charge in [-0.3, -0.25) is 0 Å². The van der Waals surface area contributed by atoms with Crippen LogP contribution in [0.1, 0.15) is 23.8 Å². The number of rotatable bonds is 3. The van der Waals surface area contributed by atoms with Crippen LogP contribution in [0.2, 0.25) is 0 Å². The predicted molar refractivity (Wildman–Crippen MR) is 91.3 cm³/mol. The molecule has 4 nitrogen and oxygen atoms in total. The summed E-state index contributed by atoms with van der Waals surface area (Å²) in [5.74, 6) is 0.908. The molecule has 0 saturated heterocycles. The van der Waals surface area contributed by atoms with E-state index in [1.807, 2.05) is 34.7 Å². The van der Waals surface area contributed by atoms with Crippen LogP contribution in [-0.2, 0) is 0 Å². The average molecular weight is 374 g/mol. The van der Waals surface area contributed by atoms with E-state index in [9.17, 15) is 0 Å². The first-order chi connectivity index (χ1) is 10.8. The van der Waals surface area contributed by atoms with Gasteiger partial charge >= 0.3 is 0 Å². The lowest BCUT2D eigenvalue weighted by atomic mass is 10.0. The van der Waals surface area contributed by atoms with Gasteiger partial charge in [0.2, 0.25) is 5.13 Å². The molecule has 110 valence electrons. The summed E-state index contributed by atoms with van der Waals surface area (Å²) in [6.07, 6.45) is 4.30. The molecular weight excluding hydrogens is 362 g/mol. The van der Waals surface area contributed by atoms with Crippen LogP contribution in [0, 0.1) is 0 Å². The Morgan fingerprint density at radius 3 is 2.77 bits per heavy atom. The van der Waals surface area contributed by atoms with Crippen molar-refractivity contribution in [1.82, 2.24) is 4.98 Å². The maximum atomic E-state index is 5.60. The summed E-state index contributed by atoms with van der Waals surface area (Å²) in [6.45, 7) is 0. The number of hydrogen-bond acceptors (Lipinski definition) is 5. The van der Waals surface area contributed by atoms with Crippen LogP contribution >= 0.6 is 27.3 Å². The molecule has 0 radical (unpaired) electrons. The zero-order valence-electron chi connectivity index (χ0n) is 11.5. The van der Waals surface area contributed by atoms with Crippen molar-refractivity contribution in [3.8, 4) is 0 Å². The van der Waals surface area contributed by atoms with E-state index in [1.54, 1.807) is 23.8 Å². The lowest BCUT2D eigenvalue weighted by Crippen LogP contribution is -2.17. The van der Waals surface area contributed by atoms with Crippen molar-refractivity contribution in [3.63, 3.8) is 0 Å². The Morgan fingerprint density at radius 1 is 1.23 bits per heavy atom. The number of aromatic nitrogens is 1. The van der Waals surface area contributed by atoms with Crippen LogP contribution in [0.25, 0.3) is 0 Å². The van der Waals surface area contributed by atoms with Gasteiger partial charge in [0.15, 0.2) is 0 Å². The van der Waals surface area contributed by atoms with E-state index in [4.69, 9.17) is 9.52 Å². The minimum absolute atomic E-state index is 0.0554. The SMILES string of the molecule is Brc1ccc(C2=NN(c3nccs3)C(c3ccco3)C2)cc1. The largest absolute Gasteiger partial charge is 0.467 e. The first-order valence-electron chi connectivity index (χ1n) is 6.87. The van der Waals surface area contributed by atoms with E-state index in [1.165, 1.54) is 0 Å². The highest BCUT2D eigenvalue weighted by Gasteiger charge is 2.32. The molecule has 2 aromatic heterocycles. The second-order valence-electron chi connectivity index (χ2n) is 4.95. The van der Waals surface area contributed by atoms with E-state index >= 15 is 0 Å². The fourth-order valence-electron chi connectivity index (χ4n) is 2.54. The zero-order valence-corrected chi connectivity index (χ0v) is 13.9. The highest BCUT2D eigenvalue weighted by atomic mass is 79.9. The minimum Gasteiger partial charge on any atom is -0.467 e. The van der Waals surface area contributed by atoms with Crippen LogP contribution in [-0.4, -0.2) is 10.7 Å². The molecule has 1 aliphatic rings. The second-order valence-corrected chi connectivity index (χ2v) is 6.74. The molecule has 0 amide bonds. The van der Waals surface area contributed by atoms with Gasteiger partial charge in [-0.1, -0.05) is 28.1 Å². The normalized spacial score (nSPS) is 17.8. The van der Waals surface area contributed by atoms with Gasteiger partial charge < -0.3 is 4.42 Å². The zero-order chi connectivity index (χ0) is 14.9. The molecule has 3 heterocycles. The molecule has 0 saturated carbocycles. The smallest absolute Gasteiger partial charge is 0.206 e. The molecule has 6 heteroatoms. The third-order valence-corrected chi connectivity index (χ3v) is 4.86. The van der Waals surface area contributed by atoms with Crippen LogP contribution in [0.5, 0.6) is 0 Å². The summed E-state index contributed by atoms with van der Waals surface area (Å²) in [6, 6.07) is 12.2. The van der Waals surface area contributed by atoms with Crippen molar-refractivity contribution in [3.05, 3.63) is 70.0 Å². The fraction of sp³-hybridized carbons (Fsp3) is 0.125. The third kappa shape index (κ3) is 2.48. The lowest BCUT2D eigenvalue weighted by molar-refractivity contribution is 0.465. The Hall–Kier alpha value is -1.92. The molecule has 0 bridgehead atoms. The average Bonchev–Trinajstić information content (AvgIpc) is 3.27. The molecule has 0 aliphatic carbocycles. The summed E-state index contributed by atoms with van der Waals surface area (Å²) in [7, 11) is 0. The van der Waals surface area contributed by atoms with E-state index < -0.39 is 0 Å². The van der Waals surface area contributed by atoms with Crippen LogP contribution in [0.4, 0.5) is 5.13 Å². The Labute approximate surface area is 140 Å². The van der Waals surface area contributed by atoms with Crippen LogP contribution in [0.15, 0.2) is 68.2 Å². The summed E-state index contributed by atoms with van der Waals surface area (Å²) >= 11 is 5.05. The molecule has 1 unspecified atom stereocenters. The van der Waals surface area contributed by atoms with Crippen molar-refractivity contribution in [2.75, 3.05) is 5.01 Å². The van der Waals surface area contributed by atoms with Crippen LogP contribution < -0.4 is 5.01 Å². The third-order valence-electron chi connectivity index (χ3n) is 3.57. The van der Waals surface area contributed by atoms with Gasteiger partial charge in [0.1, 0.15) is 11.8 Å². The first-order valence-corrected chi connectivity index (χ1v) is 8.54. The molecule has 0 fully saturated rings. The molecule has 1 atom stereocenters. The van der Waals surface area contributed by atoms with Gasteiger partial charge in [-0.05, 0) is 29.8 Å². The number of hydrogen-bond donors (Lipinski definition) is 0. The van der Waals surface area contributed by atoms with E-state index in [-0.39, 0.29) is 6.04 Å². The van der Waals surface area contributed by atoms with Gasteiger partial charge in [0.05, 0.1) is 12.0 Å². The molecule has 4 rings (SSSR count). The van der Waals surface area contributed by atoms with Crippen molar-refractivity contribution < 1.29 is 4.42 Å². The van der Waals surface area contributed by atoms with Crippen molar-refractivity contribution in [2.24, 2.45) is 5.10 Å². The van der Waals surface area contributed by atoms with E-state index in [0.29, 0.717) is 0 Å². The number of thiazole rings is 1. The number of hydrazone groups is 1. The highest BCUT2D eigenvalue weighted by molar-refractivity contribution is 9.10. The number of halogens is 1. The van der Waals surface area contributed by atoms with E-state index in [0.717, 1.165) is 33.1 Å². The Balaban J connectivity index is 1.72. The maximum absolute atomic E-state index is 5.60. The number of furan rings is 1. The van der Waals surface area contributed by atoms with Gasteiger partial charge in [-0.2, -0.15) is 5.10 Å². The first kappa shape index (κ1) is 13.7. The summed E-state index contributed by atoms with van der Waals surface area (Å²) in [5, 5.41) is 9.59. The maximum Gasteiger partial charge on any atom is 0.206 e. The summed E-state index contributed by atoms with van der Waals surface area (Å²) in [4.78, 5) is 4.39. The van der Waals surface area contributed by atoms with Gasteiger partial charge in [0.25, 0.3) is 0 Å². The Bertz CT molecular complexity index is 781.